The number of sulfonamides is 1. The minimum absolute atomic E-state index is 0.0346. The molecule has 114 valence electrons. The van der Waals surface area contributed by atoms with Gasteiger partial charge >= 0.3 is 6.18 Å². The SMILES string of the molecule is COc1ccc(S(=O)(=O)NCCCC(F)(F)F)c(N)c1. The zero-order chi connectivity index (χ0) is 15.4. The molecule has 0 aliphatic carbocycles. The summed E-state index contributed by atoms with van der Waals surface area (Å²) in [6.07, 6.45) is -5.68. The van der Waals surface area contributed by atoms with Crippen LogP contribution in [-0.2, 0) is 10.0 Å². The maximum Gasteiger partial charge on any atom is 0.389 e. The maximum atomic E-state index is 11.9. The lowest BCUT2D eigenvalue weighted by molar-refractivity contribution is -0.135. The summed E-state index contributed by atoms with van der Waals surface area (Å²) in [6.45, 7) is -0.312. The minimum atomic E-state index is -4.30. The molecule has 0 saturated heterocycles. The average Bonchev–Trinajstić information content (AvgIpc) is 2.33. The summed E-state index contributed by atoms with van der Waals surface area (Å²) < 4.78 is 66.5. The van der Waals surface area contributed by atoms with Crippen LogP contribution in [0.25, 0.3) is 0 Å². The van der Waals surface area contributed by atoms with Crippen molar-refractivity contribution in [1.82, 2.24) is 4.72 Å². The van der Waals surface area contributed by atoms with Crippen LogP contribution in [0.1, 0.15) is 12.8 Å². The first-order chi connectivity index (χ1) is 9.15. The first kappa shape index (κ1) is 16.6. The Morgan fingerprint density at radius 2 is 2.00 bits per heavy atom. The lowest BCUT2D eigenvalue weighted by atomic mass is 10.3. The van der Waals surface area contributed by atoms with Crippen molar-refractivity contribution in [3.8, 4) is 5.75 Å². The fourth-order valence-electron chi connectivity index (χ4n) is 1.47. The van der Waals surface area contributed by atoms with Crippen LogP contribution in [-0.4, -0.2) is 28.2 Å². The number of hydrogen-bond donors (Lipinski definition) is 2. The highest BCUT2D eigenvalue weighted by Crippen LogP contribution is 2.24. The maximum absolute atomic E-state index is 11.9. The number of ether oxygens (including phenoxy) is 1. The summed E-state index contributed by atoms with van der Waals surface area (Å²) in [5, 5.41) is 0. The summed E-state index contributed by atoms with van der Waals surface area (Å²) >= 11 is 0. The summed E-state index contributed by atoms with van der Waals surface area (Å²) in [7, 11) is -2.53. The molecular weight excluding hydrogens is 297 g/mol. The normalized spacial score (nSPS) is 12.4. The topological polar surface area (TPSA) is 81.4 Å². The fraction of sp³-hybridized carbons (Fsp3) is 0.455. The Bertz CT molecular complexity index is 559. The molecule has 20 heavy (non-hydrogen) atoms. The van der Waals surface area contributed by atoms with Crippen molar-refractivity contribution in [2.24, 2.45) is 0 Å². The van der Waals surface area contributed by atoms with Gasteiger partial charge in [-0.3, -0.25) is 0 Å². The molecule has 0 heterocycles. The first-order valence-electron chi connectivity index (χ1n) is 5.65. The molecule has 0 radical (unpaired) electrons. The molecule has 0 atom stereocenters. The van der Waals surface area contributed by atoms with E-state index < -0.39 is 22.6 Å². The van der Waals surface area contributed by atoms with Gasteiger partial charge in [-0.05, 0) is 18.6 Å². The number of anilines is 1. The van der Waals surface area contributed by atoms with Crippen LogP contribution in [0.15, 0.2) is 23.1 Å². The van der Waals surface area contributed by atoms with E-state index in [-0.39, 0.29) is 23.5 Å². The number of benzene rings is 1. The van der Waals surface area contributed by atoms with Crippen LogP contribution < -0.4 is 15.2 Å². The number of rotatable bonds is 6. The molecule has 0 aliphatic rings. The van der Waals surface area contributed by atoms with E-state index in [4.69, 9.17) is 10.5 Å². The van der Waals surface area contributed by atoms with E-state index in [0.717, 1.165) is 0 Å². The second-order valence-corrected chi connectivity index (χ2v) is 5.76. The molecule has 0 unspecified atom stereocenters. The summed E-state index contributed by atoms with van der Waals surface area (Å²) in [6, 6.07) is 3.96. The Balaban J connectivity index is 2.70. The second-order valence-electron chi connectivity index (χ2n) is 4.02. The van der Waals surface area contributed by atoms with E-state index in [1.807, 2.05) is 0 Å². The van der Waals surface area contributed by atoms with Crippen LogP contribution in [0.5, 0.6) is 5.75 Å². The molecule has 3 N–H and O–H groups in total. The van der Waals surface area contributed by atoms with Gasteiger partial charge in [-0.2, -0.15) is 13.2 Å². The summed E-state index contributed by atoms with van der Waals surface area (Å²) in [5.74, 6) is 0.388. The molecule has 0 bridgehead atoms. The first-order valence-corrected chi connectivity index (χ1v) is 7.14. The van der Waals surface area contributed by atoms with E-state index in [2.05, 4.69) is 4.72 Å². The van der Waals surface area contributed by atoms with E-state index in [1.165, 1.54) is 25.3 Å². The van der Waals surface area contributed by atoms with Crippen molar-refractivity contribution in [1.29, 1.82) is 0 Å². The predicted molar refractivity (Wildman–Crippen MR) is 67.9 cm³/mol. The van der Waals surface area contributed by atoms with E-state index in [1.54, 1.807) is 0 Å². The third-order valence-electron chi connectivity index (χ3n) is 2.44. The number of halogens is 3. The Morgan fingerprint density at radius 3 is 2.50 bits per heavy atom. The number of methoxy groups -OCH3 is 1. The van der Waals surface area contributed by atoms with Crippen molar-refractivity contribution in [2.75, 3.05) is 19.4 Å². The predicted octanol–water partition coefficient (Wildman–Crippen LogP) is 1.90. The minimum Gasteiger partial charge on any atom is -0.497 e. The standard InChI is InChI=1S/C11H15F3N2O3S/c1-19-8-3-4-10(9(15)7-8)20(17,18)16-6-2-5-11(12,13)14/h3-4,7,16H,2,5-6,15H2,1H3. The van der Waals surface area contributed by atoms with Crippen molar-refractivity contribution in [3.63, 3.8) is 0 Å². The lowest BCUT2D eigenvalue weighted by Gasteiger charge is -2.11. The van der Waals surface area contributed by atoms with Crippen molar-refractivity contribution < 1.29 is 26.3 Å². The average molecular weight is 312 g/mol. The summed E-state index contributed by atoms with van der Waals surface area (Å²) in [5.41, 5.74) is 5.54. The highest BCUT2D eigenvalue weighted by atomic mass is 32.2. The molecule has 0 spiro atoms. The van der Waals surface area contributed by atoms with Gasteiger partial charge in [0.15, 0.2) is 0 Å². The quantitative estimate of drug-likeness (QED) is 0.621. The number of alkyl halides is 3. The van der Waals surface area contributed by atoms with Gasteiger partial charge in [0.1, 0.15) is 10.6 Å². The molecule has 1 aromatic carbocycles. The molecule has 0 amide bonds. The smallest absolute Gasteiger partial charge is 0.389 e. The second kappa shape index (κ2) is 6.31. The van der Waals surface area contributed by atoms with Gasteiger partial charge in [-0.1, -0.05) is 0 Å². The largest absolute Gasteiger partial charge is 0.497 e. The van der Waals surface area contributed by atoms with Gasteiger partial charge in [0.25, 0.3) is 0 Å². The van der Waals surface area contributed by atoms with Crippen LogP contribution in [0.2, 0.25) is 0 Å². The third kappa shape index (κ3) is 4.89. The zero-order valence-corrected chi connectivity index (χ0v) is 11.5. The molecule has 5 nitrogen and oxygen atoms in total. The molecule has 1 rings (SSSR count). The van der Waals surface area contributed by atoms with Crippen molar-refractivity contribution in [2.45, 2.75) is 23.9 Å². The Hall–Kier alpha value is -1.48. The Morgan fingerprint density at radius 1 is 1.35 bits per heavy atom. The zero-order valence-electron chi connectivity index (χ0n) is 10.7. The van der Waals surface area contributed by atoms with E-state index in [9.17, 15) is 21.6 Å². The highest BCUT2D eigenvalue weighted by molar-refractivity contribution is 7.89. The molecule has 0 fully saturated rings. The number of hydrogen-bond acceptors (Lipinski definition) is 4. The van der Waals surface area contributed by atoms with Crippen molar-refractivity contribution >= 4 is 15.7 Å². The Kier molecular flexibility index (Phi) is 5.23. The van der Waals surface area contributed by atoms with Crippen LogP contribution in [0.3, 0.4) is 0 Å². The number of nitrogens with two attached hydrogens (primary N) is 1. The van der Waals surface area contributed by atoms with Crippen LogP contribution in [0, 0.1) is 0 Å². The van der Waals surface area contributed by atoms with E-state index in [0.29, 0.717) is 5.75 Å². The molecule has 1 aromatic rings. The molecule has 0 aliphatic heterocycles. The van der Waals surface area contributed by atoms with Gasteiger partial charge < -0.3 is 10.5 Å². The van der Waals surface area contributed by atoms with Gasteiger partial charge in [0.2, 0.25) is 10.0 Å². The molecular formula is C11H15F3N2O3S. The number of nitrogens with one attached hydrogen (secondary N) is 1. The van der Waals surface area contributed by atoms with E-state index >= 15 is 0 Å². The van der Waals surface area contributed by atoms with Crippen LogP contribution in [0.4, 0.5) is 18.9 Å². The summed E-state index contributed by atoms with van der Waals surface area (Å²) in [4.78, 5) is -0.190. The van der Waals surface area contributed by atoms with Gasteiger partial charge in [-0.25, -0.2) is 13.1 Å². The third-order valence-corrected chi connectivity index (χ3v) is 3.97. The molecule has 0 aromatic heterocycles. The molecule has 0 saturated carbocycles. The van der Waals surface area contributed by atoms with Gasteiger partial charge in [0.05, 0.1) is 12.8 Å². The van der Waals surface area contributed by atoms with Crippen LogP contribution >= 0.6 is 0 Å². The number of nitrogen functional groups attached to an aromatic ring is 1. The highest BCUT2D eigenvalue weighted by Gasteiger charge is 2.26. The monoisotopic (exact) mass is 312 g/mol. The fourth-order valence-corrected chi connectivity index (χ4v) is 2.66. The van der Waals surface area contributed by atoms with Gasteiger partial charge in [-0.15, -0.1) is 0 Å². The van der Waals surface area contributed by atoms with Gasteiger partial charge in [0, 0.05) is 19.0 Å². The van der Waals surface area contributed by atoms with Crippen molar-refractivity contribution in [3.05, 3.63) is 18.2 Å². The molecule has 9 heteroatoms. The Labute approximate surface area is 115 Å². The lowest BCUT2D eigenvalue weighted by Crippen LogP contribution is -2.26.